The van der Waals surface area contributed by atoms with Gasteiger partial charge in [0.2, 0.25) is 5.91 Å². The third kappa shape index (κ3) is 3.05. The molecule has 1 aromatic carbocycles. The zero-order chi connectivity index (χ0) is 13.8. The summed E-state index contributed by atoms with van der Waals surface area (Å²) in [5, 5.41) is 3.46. The fourth-order valence-corrected chi connectivity index (χ4v) is 2.35. The van der Waals surface area contributed by atoms with Crippen molar-refractivity contribution in [1.82, 2.24) is 0 Å². The van der Waals surface area contributed by atoms with Crippen molar-refractivity contribution in [2.45, 2.75) is 26.7 Å². The topological polar surface area (TPSA) is 55.1 Å². The Balaban J connectivity index is 2.97. The Morgan fingerprint density at radius 2 is 2.06 bits per heavy atom. The highest BCUT2D eigenvalue weighted by Crippen LogP contribution is 2.32. The molecule has 0 saturated carbocycles. The van der Waals surface area contributed by atoms with Gasteiger partial charge in [-0.2, -0.15) is 0 Å². The summed E-state index contributed by atoms with van der Waals surface area (Å²) in [6.45, 7) is 4.29. The van der Waals surface area contributed by atoms with Crippen LogP contribution >= 0.6 is 27.5 Å². The van der Waals surface area contributed by atoms with Gasteiger partial charge in [-0.25, -0.2) is 0 Å². The van der Waals surface area contributed by atoms with Gasteiger partial charge >= 0.3 is 0 Å². The van der Waals surface area contributed by atoms with Crippen LogP contribution in [0, 0.1) is 5.41 Å². The van der Waals surface area contributed by atoms with E-state index in [1.54, 1.807) is 18.2 Å². The molecule has 0 unspecified atom stereocenters. The molecule has 1 rings (SSSR count). The van der Waals surface area contributed by atoms with E-state index in [0.717, 1.165) is 0 Å². The first-order chi connectivity index (χ1) is 8.50. The number of carbonyl (C=O) groups is 1. The van der Waals surface area contributed by atoms with Gasteiger partial charge in [-0.15, -0.1) is 0 Å². The summed E-state index contributed by atoms with van der Waals surface area (Å²) in [4.78, 5) is 12.3. The largest absolute Gasteiger partial charge is 0.329 e. The van der Waals surface area contributed by atoms with Gasteiger partial charge < -0.3 is 11.1 Å². The Morgan fingerprint density at radius 1 is 1.44 bits per heavy atom. The maximum atomic E-state index is 12.3. The molecular weight excluding hydrogens is 316 g/mol. The van der Waals surface area contributed by atoms with Crippen LogP contribution in [0.5, 0.6) is 0 Å². The fraction of sp³-hybridized carbons (Fsp3) is 0.462. The Hall–Kier alpha value is -0.580. The Labute approximate surface area is 121 Å². The van der Waals surface area contributed by atoms with Gasteiger partial charge in [-0.05, 0) is 40.9 Å². The van der Waals surface area contributed by atoms with Crippen molar-refractivity contribution in [2.24, 2.45) is 11.1 Å². The molecule has 0 bridgehead atoms. The van der Waals surface area contributed by atoms with Crippen LogP contribution < -0.4 is 11.1 Å². The number of carbonyl (C=O) groups excluding carboxylic acids is 1. The molecule has 3 N–H and O–H groups in total. The Morgan fingerprint density at radius 3 is 2.56 bits per heavy atom. The van der Waals surface area contributed by atoms with E-state index in [1.165, 1.54) is 0 Å². The third-order valence-electron chi connectivity index (χ3n) is 3.43. The number of hydrogen-bond donors (Lipinski definition) is 2. The van der Waals surface area contributed by atoms with E-state index in [9.17, 15) is 4.79 Å². The average Bonchev–Trinajstić information content (AvgIpc) is 2.38. The SMILES string of the molecule is CCC(CC)(CN)C(=O)Nc1cccc(Cl)c1Br. The number of hydrogen-bond acceptors (Lipinski definition) is 2. The van der Waals surface area contributed by atoms with Gasteiger partial charge in [0, 0.05) is 6.54 Å². The van der Waals surface area contributed by atoms with Gasteiger partial charge in [-0.1, -0.05) is 31.5 Å². The lowest BCUT2D eigenvalue weighted by Crippen LogP contribution is -2.41. The molecule has 0 atom stereocenters. The second kappa shape index (κ2) is 6.55. The van der Waals surface area contributed by atoms with Crippen LogP contribution in [0.4, 0.5) is 5.69 Å². The van der Waals surface area contributed by atoms with Crippen molar-refractivity contribution in [1.29, 1.82) is 0 Å². The maximum absolute atomic E-state index is 12.3. The molecule has 0 radical (unpaired) electrons. The van der Waals surface area contributed by atoms with Gasteiger partial charge in [-0.3, -0.25) is 4.79 Å². The molecule has 0 aliphatic carbocycles. The Bertz CT molecular complexity index is 425. The molecule has 0 aromatic heterocycles. The minimum absolute atomic E-state index is 0.0574. The molecule has 100 valence electrons. The third-order valence-corrected chi connectivity index (χ3v) is 4.82. The molecule has 18 heavy (non-hydrogen) atoms. The highest BCUT2D eigenvalue weighted by molar-refractivity contribution is 9.10. The lowest BCUT2D eigenvalue weighted by molar-refractivity contribution is -0.125. The van der Waals surface area contributed by atoms with Crippen molar-refractivity contribution in [3.05, 3.63) is 27.7 Å². The number of halogens is 2. The average molecular weight is 334 g/mol. The van der Waals surface area contributed by atoms with Crippen molar-refractivity contribution in [2.75, 3.05) is 11.9 Å². The van der Waals surface area contributed by atoms with Crippen LogP contribution in [-0.4, -0.2) is 12.5 Å². The maximum Gasteiger partial charge on any atom is 0.231 e. The van der Waals surface area contributed by atoms with Crippen molar-refractivity contribution < 1.29 is 4.79 Å². The molecule has 0 spiro atoms. The molecule has 1 aromatic rings. The quantitative estimate of drug-likeness (QED) is 0.861. The van der Waals surface area contributed by atoms with E-state index >= 15 is 0 Å². The van der Waals surface area contributed by atoms with Gasteiger partial charge in [0.25, 0.3) is 0 Å². The lowest BCUT2D eigenvalue weighted by atomic mass is 9.81. The normalized spacial score (nSPS) is 11.4. The molecule has 1 amide bonds. The van der Waals surface area contributed by atoms with E-state index in [1.807, 2.05) is 13.8 Å². The minimum atomic E-state index is -0.512. The second-order valence-electron chi connectivity index (χ2n) is 4.25. The predicted molar refractivity (Wildman–Crippen MR) is 79.9 cm³/mol. The molecule has 0 aliphatic heterocycles. The van der Waals surface area contributed by atoms with Crippen molar-refractivity contribution >= 4 is 39.1 Å². The Kier molecular flexibility index (Phi) is 5.63. The zero-order valence-electron chi connectivity index (χ0n) is 10.6. The van der Waals surface area contributed by atoms with Crippen LogP contribution in [0.1, 0.15) is 26.7 Å². The second-order valence-corrected chi connectivity index (χ2v) is 5.45. The van der Waals surface area contributed by atoms with Crippen LogP contribution in [0.15, 0.2) is 22.7 Å². The zero-order valence-corrected chi connectivity index (χ0v) is 12.9. The molecule has 0 saturated heterocycles. The van der Waals surface area contributed by atoms with Crippen molar-refractivity contribution in [3.8, 4) is 0 Å². The smallest absolute Gasteiger partial charge is 0.231 e. The monoisotopic (exact) mass is 332 g/mol. The molecule has 0 heterocycles. The number of nitrogens with one attached hydrogen (secondary N) is 1. The molecular formula is C13H18BrClN2O. The highest BCUT2D eigenvalue weighted by Gasteiger charge is 2.33. The summed E-state index contributed by atoms with van der Waals surface area (Å²) in [6, 6.07) is 5.36. The van der Waals surface area contributed by atoms with Crippen molar-refractivity contribution in [3.63, 3.8) is 0 Å². The van der Waals surface area contributed by atoms with Gasteiger partial charge in [0.15, 0.2) is 0 Å². The summed E-state index contributed by atoms with van der Waals surface area (Å²) >= 11 is 9.35. The van der Waals surface area contributed by atoms with Gasteiger partial charge in [0.1, 0.15) is 0 Å². The first-order valence-electron chi connectivity index (χ1n) is 5.96. The number of rotatable bonds is 5. The van der Waals surface area contributed by atoms with E-state index < -0.39 is 5.41 Å². The molecule has 0 fully saturated rings. The number of anilines is 1. The predicted octanol–water partition coefficient (Wildman–Crippen LogP) is 3.81. The van der Waals surface area contributed by atoms with Crippen LogP contribution in [0.2, 0.25) is 5.02 Å². The van der Waals surface area contributed by atoms with E-state index in [-0.39, 0.29) is 5.91 Å². The summed E-state index contributed by atoms with van der Waals surface area (Å²) in [6.07, 6.45) is 1.42. The molecule has 5 heteroatoms. The van der Waals surface area contributed by atoms with Crippen LogP contribution in [0.25, 0.3) is 0 Å². The number of nitrogens with two attached hydrogens (primary N) is 1. The minimum Gasteiger partial charge on any atom is -0.329 e. The number of benzene rings is 1. The first-order valence-corrected chi connectivity index (χ1v) is 7.13. The van der Waals surface area contributed by atoms with E-state index in [0.29, 0.717) is 34.6 Å². The summed E-state index contributed by atoms with van der Waals surface area (Å²) < 4.78 is 0.693. The van der Waals surface area contributed by atoms with Crippen LogP contribution in [0.3, 0.4) is 0 Å². The standard InChI is InChI=1S/C13H18BrClN2O/c1-3-13(4-2,8-16)12(18)17-10-7-5-6-9(15)11(10)14/h5-7H,3-4,8,16H2,1-2H3,(H,17,18). The van der Waals surface area contributed by atoms with Crippen LogP contribution in [-0.2, 0) is 4.79 Å². The first kappa shape index (κ1) is 15.5. The lowest BCUT2D eigenvalue weighted by Gasteiger charge is -2.28. The number of amides is 1. The summed E-state index contributed by atoms with van der Waals surface area (Å²) in [7, 11) is 0. The fourth-order valence-electron chi connectivity index (χ4n) is 1.81. The summed E-state index contributed by atoms with van der Waals surface area (Å²) in [5.41, 5.74) is 5.91. The molecule has 0 aliphatic rings. The van der Waals surface area contributed by atoms with E-state index in [4.69, 9.17) is 17.3 Å². The summed E-state index contributed by atoms with van der Waals surface area (Å²) in [5.74, 6) is -0.0574. The highest BCUT2D eigenvalue weighted by atomic mass is 79.9. The molecule has 3 nitrogen and oxygen atoms in total. The van der Waals surface area contributed by atoms with E-state index in [2.05, 4.69) is 21.2 Å². The van der Waals surface area contributed by atoms with Gasteiger partial charge in [0.05, 0.1) is 20.6 Å².